The van der Waals surface area contributed by atoms with E-state index < -0.39 is 0 Å². The topological polar surface area (TPSA) is 41.6 Å². The van der Waals surface area contributed by atoms with E-state index in [1.54, 1.807) is 0 Å². The molecule has 0 saturated heterocycles. The molecule has 0 spiro atoms. The van der Waals surface area contributed by atoms with Crippen LogP contribution < -0.4 is 10.1 Å². The molecular formula is C24H31FN2O2. The van der Waals surface area contributed by atoms with Crippen molar-refractivity contribution in [2.75, 3.05) is 26.0 Å². The van der Waals surface area contributed by atoms with Crippen LogP contribution in [0.25, 0.3) is 0 Å². The molecule has 29 heavy (non-hydrogen) atoms. The lowest BCUT2D eigenvalue weighted by atomic mass is 9.81. The molecule has 5 heteroatoms. The number of carbonyl (C=O) groups excluding carboxylic acids is 1. The first-order valence-electron chi connectivity index (χ1n) is 10.5. The van der Waals surface area contributed by atoms with E-state index in [2.05, 4.69) is 23.3 Å². The van der Waals surface area contributed by atoms with E-state index in [0.29, 0.717) is 24.2 Å². The van der Waals surface area contributed by atoms with Crippen molar-refractivity contribution in [2.45, 2.75) is 50.5 Å². The van der Waals surface area contributed by atoms with Crippen molar-refractivity contribution >= 4 is 12.2 Å². The van der Waals surface area contributed by atoms with E-state index in [1.807, 2.05) is 31.3 Å². The zero-order valence-electron chi connectivity index (χ0n) is 17.4. The first-order valence-corrected chi connectivity index (χ1v) is 10.5. The molecule has 0 atom stereocenters. The normalized spacial score (nSPS) is 19.2. The third kappa shape index (κ3) is 5.80. The Labute approximate surface area is 173 Å². The predicted molar refractivity (Wildman–Crippen MR) is 115 cm³/mol. The molecule has 0 amide bonds. The summed E-state index contributed by atoms with van der Waals surface area (Å²) in [6, 6.07) is 13.6. The lowest BCUT2D eigenvalue weighted by Crippen LogP contribution is -2.35. The van der Waals surface area contributed by atoms with Crippen molar-refractivity contribution in [2.24, 2.45) is 0 Å². The summed E-state index contributed by atoms with van der Waals surface area (Å²) in [5.41, 5.74) is 3.27. The van der Waals surface area contributed by atoms with Gasteiger partial charge in [0.2, 0.25) is 0 Å². The van der Waals surface area contributed by atoms with Gasteiger partial charge >= 0.3 is 0 Å². The molecule has 0 aromatic heterocycles. The van der Waals surface area contributed by atoms with Crippen LogP contribution in [0.4, 0.5) is 10.1 Å². The lowest BCUT2D eigenvalue weighted by Gasteiger charge is -2.35. The van der Waals surface area contributed by atoms with Crippen LogP contribution in [0.15, 0.2) is 42.5 Å². The van der Waals surface area contributed by atoms with Crippen LogP contribution in [0.2, 0.25) is 0 Å². The van der Waals surface area contributed by atoms with E-state index in [1.165, 1.54) is 36.1 Å². The molecule has 4 nitrogen and oxygen atoms in total. The van der Waals surface area contributed by atoms with Crippen molar-refractivity contribution in [3.63, 3.8) is 0 Å². The summed E-state index contributed by atoms with van der Waals surface area (Å²) in [7, 11) is 4.04. The van der Waals surface area contributed by atoms with Crippen LogP contribution in [-0.4, -0.2) is 38.1 Å². The van der Waals surface area contributed by atoms with E-state index in [-0.39, 0.29) is 5.82 Å². The van der Waals surface area contributed by atoms with Gasteiger partial charge in [0.25, 0.3) is 6.47 Å². The highest BCUT2D eigenvalue weighted by molar-refractivity contribution is 5.62. The first kappa shape index (κ1) is 21.3. The summed E-state index contributed by atoms with van der Waals surface area (Å²) in [5, 5.41) is 3.06. The molecular weight excluding hydrogens is 367 g/mol. The van der Waals surface area contributed by atoms with Crippen molar-refractivity contribution in [3.8, 4) is 5.75 Å². The zero-order valence-corrected chi connectivity index (χ0v) is 17.4. The van der Waals surface area contributed by atoms with Gasteiger partial charge < -0.3 is 15.0 Å². The Morgan fingerprint density at radius 2 is 1.86 bits per heavy atom. The molecule has 1 aliphatic carbocycles. The summed E-state index contributed by atoms with van der Waals surface area (Å²) in [4.78, 5) is 13.2. The minimum Gasteiger partial charge on any atom is -0.427 e. The third-order valence-electron chi connectivity index (χ3n) is 6.13. The fourth-order valence-electron chi connectivity index (χ4n) is 4.36. The molecule has 2 aromatic rings. The number of halogens is 1. The van der Waals surface area contributed by atoms with E-state index in [9.17, 15) is 9.18 Å². The Kier molecular flexibility index (Phi) is 7.64. The van der Waals surface area contributed by atoms with Gasteiger partial charge in [-0.2, -0.15) is 0 Å². The van der Waals surface area contributed by atoms with Crippen molar-refractivity contribution < 1.29 is 13.9 Å². The van der Waals surface area contributed by atoms with Crippen molar-refractivity contribution in [1.29, 1.82) is 0 Å². The second-order valence-electron chi connectivity index (χ2n) is 7.94. The van der Waals surface area contributed by atoms with Gasteiger partial charge in [0.15, 0.2) is 5.75 Å². The molecule has 2 aromatic carbocycles. The van der Waals surface area contributed by atoms with Gasteiger partial charge in [-0.05, 0) is 93.4 Å². The maximum absolute atomic E-state index is 13.0. The molecule has 1 saturated carbocycles. The molecule has 0 aliphatic heterocycles. The lowest BCUT2D eigenvalue weighted by molar-refractivity contribution is -0.120. The quantitative estimate of drug-likeness (QED) is 0.604. The molecule has 1 N–H and O–H groups in total. The number of hydrogen-bond donors (Lipinski definition) is 1. The maximum Gasteiger partial charge on any atom is 0.298 e. The second kappa shape index (κ2) is 10.4. The number of hydrogen-bond acceptors (Lipinski definition) is 4. The highest BCUT2D eigenvalue weighted by Gasteiger charge is 2.25. The summed E-state index contributed by atoms with van der Waals surface area (Å²) in [6.45, 7) is 1.54. The van der Waals surface area contributed by atoms with Gasteiger partial charge in [-0.3, -0.25) is 4.79 Å². The molecule has 0 unspecified atom stereocenters. The van der Waals surface area contributed by atoms with Gasteiger partial charge in [-0.1, -0.05) is 18.2 Å². The average Bonchev–Trinajstić information content (AvgIpc) is 2.75. The number of anilines is 1. The van der Waals surface area contributed by atoms with Crippen LogP contribution >= 0.6 is 0 Å². The fourth-order valence-corrected chi connectivity index (χ4v) is 4.36. The number of benzene rings is 2. The summed E-state index contributed by atoms with van der Waals surface area (Å²) in [6.07, 6.45) is 6.71. The van der Waals surface area contributed by atoms with Crippen LogP contribution in [0.5, 0.6) is 5.75 Å². The summed E-state index contributed by atoms with van der Waals surface area (Å²) >= 11 is 0. The van der Waals surface area contributed by atoms with Crippen LogP contribution in [0.1, 0.15) is 49.1 Å². The highest BCUT2D eigenvalue weighted by atomic mass is 19.1. The number of nitrogens with one attached hydrogen (secondary N) is 1. The molecule has 0 radical (unpaired) electrons. The minimum absolute atomic E-state index is 0.173. The third-order valence-corrected chi connectivity index (χ3v) is 6.13. The smallest absolute Gasteiger partial charge is 0.298 e. The Bertz CT molecular complexity index is 786. The Morgan fingerprint density at radius 1 is 1.14 bits per heavy atom. The average molecular weight is 399 g/mol. The Balaban J connectivity index is 1.47. The molecule has 0 bridgehead atoms. The summed E-state index contributed by atoms with van der Waals surface area (Å²) < 4.78 is 18.1. The van der Waals surface area contributed by atoms with Gasteiger partial charge in [0.05, 0.1) is 5.69 Å². The van der Waals surface area contributed by atoms with Gasteiger partial charge in [0, 0.05) is 13.1 Å². The van der Waals surface area contributed by atoms with E-state index >= 15 is 0 Å². The molecule has 1 aliphatic rings. The van der Waals surface area contributed by atoms with Gasteiger partial charge in [-0.15, -0.1) is 0 Å². The number of rotatable bonds is 9. The predicted octanol–water partition coefficient (Wildman–Crippen LogP) is 4.99. The summed E-state index contributed by atoms with van der Waals surface area (Å²) in [5.74, 6) is 0.937. The van der Waals surface area contributed by atoms with Gasteiger partial charge in [0.1, 0.15) is 5.82 Å². The number of nitrogens with zero attached hydrogens (tertiary/aromatic N) is 1. The largest absolute Gasteiger partial charge is 0.427 e. The second-order valence-corrected chi connectivity index (χ2v) is 7.94. The molecule has 0 heterocycles. The number of ether oxygens (including phenoxy) is 1. The Hall–Kier alpha value is -2.40. The fraction of sp³-hybridized carbons (Fsp3) is 0.458. The molecule has 156 valence electrons. The van der Waals surface area contributed by atoms with Crippen molar-refractivity contribution in [3.05, 3.63) is 59.4 Å². The minimum atomic E-state index is -0.173. The number of carbonyl (C=O) groups is 1. The SMILES string of the molecule is CNc1ccc(C2CCC(N(C)CCCc3ccc(F)cc3)CC2)cc1OC=O. The maximum atomic E-state index is 13.0. The Morgan fingerprint density at radius 3 is 2.52 bits per heavy atom. The van der Waals surface area contributed by atoms with Crippen LogP contribution in [0.3, 0.4) is 0 Å². The first-order chi connectivity index (χ1) is 14.1. The number of aryl methyl sites for hydroxylation is 1. The van der Waals surface area contributed by atoms with E-state index in [0.717, 1.165) is 37.9 Å². The monoisotopic (exact) mass is 398 g/mol. The van der Waals surface area contributed by atoms with Crippen LogP contribution in [0, 0.1) is 5.82 Å². The van der Waals surface area contributed by atoms with Crippen molar-refractivity contribution in [1.82, 2.24) is 4.90 Å². The standard InChI is InChI=1S/C24H31FN2O2/c1-26-23-14-9-20(16-24(23)29-17-28)19-7-12-22(13-8-19)27(2)15-3-4-18-5-10-21(25)11-6-18/h5-6,9-11,14,16-17,19,22,26H,3-4,7-8,12-13,15H2,1-2H3. The molecule has 1 fully saturated rings. The van der Waals surface area contributed by atoms with E-state index in [4.69, 9.17) is 4.74 Å². The molecule has 3 rings (SSSR count). The van der Waals surface area contributed by atoms with Gasteiger partial charge in [-0.25, -0.2) is 4.39 Å². The zero-order chi connectivity index (χ0) is 20.6. The highest BCUT2D eigenvalue weighted by Crippen LogP contribution is 2.37. The van der Waals surface area contributed by atoms with Crippen LogP contribution in [-0.2, 0) is 11.2 Å².